The largest absolute Gasteiger partial charge is 0.489 e. The Hall–Kier alpha value is -2.39. The molecule has 4 N–H and O–H groups in total. The van der Waals surface area contributed by atoms with Gasteiger partial charge in [0, 0.05) is 13.1 Å². The molecule has 0 saturated carbocycles. The van der Waals surface area contributed by atoms with Crippen LogP contribution in [0.1, 0.15) is 24.5 Å². The molecule has 1 aliphatic rings. The molecule has 3 rings (SSSR count). The minimum absolute atomic E-state index is 0.101. The number of benzene rings is 1. The summed E-state index contributed by atoms with van der Waals surface area (Å²) in [6.07, 6.45) is 0.472. The molecule has 10 heteroatoms. The molecular weight excluding hydrogens is 431 g/mol. The van der Waals surface area contributed by atoms with Crippen molar-refractivity contribution in [3.05, 3.63) is 57.8 Å². The van der Waals surface area contributed by atoms with Crippen molar-refractivity contribution in [2.75, 3.05) is 13.1 Å². The number of pyridine rings is 1. The SMILES string of the molecule is CC(C(=O)NO)N1CCC(CN)(c2ccc(OCc3cc(Cl)nc(Cl)c3)cc2)C1=O. The molecule has 8 nitrogen and oxygen atoms in total. The van der Waals surface area contributed by atoms with E-state index in [9.17, 15) is 9.59 Å². The summed E-state index contributed by atoms with van der Waals surface area (Å²) in [7, 11) is 0. The van der Waals surface area contributed by atoms with Crippen LogP contribution in [0.25, 0.3) is 0 Å². The maximum absolute atomic E-state index is 13.1. The third-order valence-corrected chi connectivity index (χ3v) is 5.78. The molecule has 2 amide bonds. The van der Waals surface area contributed by atoms with Crippen LogP contribution in [-0.4, -0.2) is 46.0 Å². The maximum Gasteiger partial charge on any atom is 0.265 e. The van der Waals surface area contributed by atoms with Crippen molar-refractivity contribution in [2.45, 2.75) is 31.4 Å². The quantitative estimate of drug-likeness (QED) is 0.337. The van der Waals surface area contributed by atoms with E-state index in [-0.39, 0.29) is 29.4 Å². The van der Waals surface area contributed by atoms with Crippen LogP contribution >= 0.6 is 23.2 Å². The lowest BCUT2D eigenvalue weighted by Gasteiger charge is -2.29. The number of halogens is 2. The van der Waals surface area contributed by atoms with Gasteiger partial charge < -0.3 is 15.4 Å². The average Bonchev–Trinajstić information content (AvgIpc) is 3.08. The fourth-order valence-corrected chi connectivity index (χ4v) is 4.11. The van der Waals surface area contributed by atoms with E-state index in [1.54, 1.807) is 48.8 Å². The summed E-state index contributed by atoms with van der Waals surface area (Å²) in [6, 6.07) is 9.66. The molecule has 0 radical (unpaired) electrons. The average molecular weight is 453 g/mol. The highest BCUT2D eigenvalue weighted by molar-refractivity contribution is 6.32. The lowest BCUT2D eigenvalue weighted by Crippen LogP contribution is -2.50. The molecule has 0 spiro atoms. The van der Waals surface area contributed by atoms with Gasteiger partial charge in [-0.05, 0) is 48.7 Å². The number of aromatic nitrogens is 1. The van der Waals surface area contributed by atoms with Gasteiger partial charge >= 0.3 is 0 Å². The molecule has 1 aromatic heterocycles. The first-order valence-corrected chi connectivity index (χ1v) is 10.1. The molecule has 1 saturated heterocycles. The number of carbonyl (C=O) groups is 2. The lowest BCUT2D eigenvalue weighted by molar-refractivity contribution is -0.143. The number of hydrogen-bond donors (Lipinski definition) is 3. The first kappa shape index (κ1) is 22.3. The van der Waals surface area contributed by atoms with Crippen LogP contribution in [0.5, 0.6) is 5.75 Å². The molecule has 0 aliphatic carbocycles. The van der Waals surface area contributed by atoms with Crippen molar-refractivity contribution >= 4 is 35.0 Å². The second kappa shape index (κ2) is 9.18. The second-order valence-corrected chi connectivity index (χ2v) is 7.90. The Morgan fingerprint density at radius 3 is 2.53 bits per heavy atom. The predicted molar refractivity (Wildman–Crippen MR) is 111 cm³/mol. The van der Waals surface area contributed by atoms with Gasteiger partial charge in [0.05, 0.1) is 5.41 Å². The molecular formula is C20H22Cl2N4O4. The molecule has 0 bridgehead atoms. The number of nitrogens with one attached hydrogen (secondary N) is 1. The zero-order chi connectivity index (χ0) is 21.9. The Balaban J connectivity index is 1.74. The Kier molecular flexibility index (Phi) is 6.82. The molecule has 2 heterocycles. The fourth-order valence-electron chi connectivity index (χ4n) is 3.61. The van der Waals surface area contributed by atoms with Crippen molar-refractivity contribution in [1.29, 1.82) is 0 Å². The van der Waals surface area contributed by atoms with Gasteiger partial charge in [-0.2, -0.15) is 0 Å². The highest BCUT2D eigenvalue weighted by Gasteiger charge is 2.49. The number of likely N-dealkylation sites (tertiary alicyclic amines) is 1. The number of ether oxygens (including phenoxy) is 1. The van der Waals surface area contributed by atoms with Crippen molar-refractivity contribution < 1.29 is 19.5 Å². The van der Waals surface area contributed by atoms with E-state index in [2.05, 4.69) is 4.98 Å². The number of hydrogen-bond acceptors (Lipinski definition) is 6. The number of carbonyl (C=O) groups excluding carboxylic acids is 2. The summed E-state index contributed by atoms with van der Waals surface area (Å²) in [4.78, 5) is 30.2. The molecule has 30 heavy (non-hydrogen) atoms. The van der Waals surface area contributed by atoms with Crippen molar-refractivity contribution in [3.63, 3.8) is 0 Å². The summed E-state index contributed by atoms with van der Waals surface area (Å²) in [5.74, 6) is -0.280. The smallest absolute Gasteiger partial charge is 0.265 e. The van der Waals surface area contributed by atoms with E-state index in [4.69, 9.17) is 38.9 Å². The van der Waals surface area contributed by atoms with Gasteiger partial charge in [-0.15, -0.1) is 0 Å². The first-order valence-electron chi connectivity index (χ1n) is 9.31. The Morgan fingerprint density at radius 2 is 1.97 bits per heavy atom. The molecule has 2 unspecified atom stereocenters. The van der Waals surface area contributed by atoms with E-state index in [1.807, 2.05) is 0 Å². The molecule has 160 valence electrons. The fraction of sp³-hybridized carbons (Fsp3) is 0.350. The monoisotopic (exact) mass is 452 g/mol. The van der Waals surface area contributed by atoms with Gasteiger partial charge in [-0.1, -0.05) is 35.3 Å². The van der Waals surface area contributed by atoms with E-state index in [0.717, 1.165) is 11.1 Å². The van der Waals surface area contributed by atoms with Crippen LogP contribution in [0, 0.1) is 0 Å². The first-order chi connectivity index (χ1) is 14.3. The Bertz CT molecular complexity index is 921. The van der Waals surface area contributed by atoms with Crippen molar-refractivity contribution in [2.24, 2.45) is 5.73 Å². The standard InChI is InChI=1S/C20H22Cl2N4O4/c1-12(18(27)25-29)26-7-6-20(11-23,19(26)28)14-2-4-15(5-3-14)30-10-13-8-16(21)24-17(22)9-13/h2-5,8-9,12,29H,6-7,10-11,23H2,1H3,(H,25,27). The van der Waals surface area contributed by atoms with Gasteiger partial charge in [0.1, 0.15) is 28.7 Å². The lowest BCUT2D eigenvalue weighted by atomic mass is 9.79. The minimum atomic E-state index is -0.922. The van der Waals surface area contributed by atoms with E-state index in [1.165, 1.54) is 4.90 Å². The third kappa shape index (κ3) is 4.37. The second-order valence-electron chi connectivity index (χ2n) is 7.12. The summed E-state index contributed by atoms with van der Waals surface area (Å²) in [6.45, 7) is 2.28. The van der Waals surface area contributed by atoms with E-state index in [0.29, 0.717) is 18.7 Å². The Labute approximate surface area is 183 Å². The summed E-state index contributed by atoms with van der Waals surface area (Å²) in [5, 5.41) is 9.43. The van der Waals surface area contributed by atoms with Gasteiger partial charge in [-0.3, -0.25) is 14.8 Å². The molecule has 2 atom stereocenters. The zero-order valence-electron chi connectivity index (χ0n) is 16.3. The van der Waals surface area contributed by atoms with Crippen molar-refractivity contribution in [1.82, 2.24) is 15.4 Å². The summed E-state index contributed by atoms with van der Waals surface area (Å²) < 4.78 is 5.77. The highest BCUT2D eigenvalue weighted by Crippen LogP contribution is 2.37. The van der Waals surface area contributed by atoms with Gasteiger partial charge in [0.15, 0.2) is 0 Å². The zero-order valence-corrected chi connectivity index (χ0v) is 17.8. The van der Waals surface area contributed by atoms with E-state index < -0.39 is 17.4 Å². The van der Waals surface area contributed by atoms with E-state index >= 15 is 0 Å². The molecule has 2 aromatic rings. The summed E-state index contributed by atoms with van der Waals surface area (Å²) >= 11 is 11.8. The molecule has 1 fully saturated rings. The van der Waals surface area contributed by atoms with Crippen LogP contribution in [-0.2, 0) is 21.6 Å². The van der Waals surface area contributed by atoms with Crippen LogP contribution in [0.3, 0.4) is 0 Å². The number of rotatable bonds is 7. The third-order valence-electron chi connectivity index (χ3n) is 5.39. The summed E-state index contributed by atoms with van der Waals surface area (Å²) in [5.41, 5.74) is 8.19. The number of amides is 2. The van der Waals surface area contributed by atoms with Crippen molar-refractivity contribution in [3.8, 4) is 5.75 Å². The van der Waals surface area contributed by atoms with Gasteiger partial charge in [0.2, 0.25) is 5.91 Å². The van der Waals surface area contributed by atoms with Crippen LogP contribution in [0.4, 0.5) is 0 Å². The van der Waals surface area contributed by atoms with Gasteiger partial charge in [-0.25, -0.2) is 10.5 Å². The normalized spacial score (nSPS) is 19.6. The van der Waals surface area contributed by atoms with Gasteiger partial charge in [0.25, 0.3) is 5.91 Å². The molecule has 1 aliphatic heterocycles. The van der Waals surface area contributed by atoms with Crippen LogP contribution in [0.2, 0.25) is 10.3 Å². The number of hydroxylamine groups is 1. The number of nitrogens with zero attached hydrogens (tertiary/aromatic N) is 2. The maximum atomic E-state index is 13.1. The Morgan fingerprint density at radius 1 is 1.33 bits per heavy atom. The molecule has 1 aromatic carbocycles. The van der Waals surface area contributed by atoms with Crippen LogP contribution < -0.4 is 16.0 Å². The predicted octanol–water partition coefficient (Wildman–Crippen LogP) is 2.29. The highest BCUT2D eigenvalue weighted by atomic mass is 35.5. The minimum Gasteiger partial charge on any atom is -0.489 e. The number of nitrogens with two attached hydrogens (primary N) is 1. The van der Waals surface area contributed by atoms with Crippen LogP contribution in [0.15, 0.2) is 36.4 Å². The topological polar surface area (TPSA) is 118 Å².